The average molecular weight is 255 g/mol. The first-order valence-corrected chi connectivity index (χ1v) is 6.59. The summed E-state index contributed by atoms with van der Waals surface area (Å²) in [6.07, 6.45) is 0. The summed E-state index contributed by atoms with van der Waals surface area (Å²) < 4.78 is 1.06. The maximum Gasteiger partial charge on any atom is 0.184 e. The van der Waals surface area contributed by atoms with Gasteiger partial charge in [0.1, 0.15) is 0 Å². The van der Waals surface area contributed by atoms with E-state index in [2.05, 4.69) is 31.1 Å². The highest BCUT2D eigenvalue weighted by atomic mass is 35.5. The van der Waals surface area contributed by atoms with Gasteiger partial charge in [0.15, 0.2) is 5.13 Å². The number of rotatable bonds is 3. The lowest BCUT2D eigenvalue weighted by Crippen LogP contribution is -2.21. The van der Waals surface area contributed by atoms with Crippen LogP contribution in [0, 0.1) is 5.92 Å². The SMILES string of the molecule is CC(C)C(C)Nc1nc2cccc(Cl)c2s1. The molecule has 4 heteroatoms. The van der Waals surface area contributed by atoms with Crippen LogP contribution in [0.4, 0.5) is 5.13 Å². The van der Waals surface area contributed by atoms with E-state index < -0.39 is 0 Å². The van der Waals surface area contributed by atoms with Gasteiger partial charge in [-0.05, 0) is 25.0 Å². The number of hydrogen-bond acceptors (Lipinski definition) is 3. The fourth-order valence-electron chi connectivity index (χ4n) is 1.34. The molecule has 0 radical (unpaired) electrons. The molecule has 1 aromatic heterocycles. The van der Waals surface area contributed by atoms with E-state index in [0.29, 0.717) is 12.0 Å². The second-order valence-corrected chi connectivity index (χ2v) is 5.69. The van der Waals surface area contributed by atoms with Gasteiger partial charge in [-0.1, -0.05) is 42.9 Å². The molecule has 16 heavy (non-hydrogen) atoms. The zero-order chi connectivity index (χ0) is 11.7. The summed E-state index contributed by atoms with van der Waals surface area (Å²) in [5.74, 6) is 0.586. The number of halogens is 1. The minimum Gasteiger partial charge on any atom is -0.359 e. The number of hydrogen-bond donors (Lipinski definition) is 1. The van der Waals surface area contributed by atoms with Crippen molar-refractivity contribution in [2.75, 3.05) is 5.32 Å². The molecule has 0 saturated carbocycles. The normalized spacial score (nSPS) is 13.3. The Labute approximate surface area is 105 Å². The summed E-state index contributed by atoms with van der Waals surface area (Å²) in [4.78, 5) is 4.52. The van der Waals surface area contributed by atoms with Crippen molar-refractivity contribution in [3.63, 3.8) is 0 Å². The molecule has 0 aliphatic heterocycles. The zero-order valence-electron chi connectivity index (χ0n) is 9.62. The minimum atomic E-state index is 0.416. The maximum absolute atomic E-state index is 6.11. The van der Waals surface area contributed by atoms with Gasteiger partial charge in [-0.15, -0.1) is 0 Å². The van der Waals surface area contributed by atoms with Gasteiger partial charge in [0.2, 0.25) is 0 Å². The van der Waals surface area contributed by atoms with Crippen LogP contribution in [0.15, 0.2) is 18.2 Å². The van der Waals surface area contributed by atoms with Crippen LogP contribution >= 0.6 is 22.9 Å². The van der Waals surface area contributed by atoms with Crippen molar-refractivity contribution in [1.29, 1.82) is 0 Å². The molecular formula is C12H15ClN2S. The number of fused-ring (bicyclic) bond motifs is 1. The van der Waals surface area contributed by atoms with Crippen molar-refractivity contribution in [3.05, 3.63) is 23.2 Å². The molecule has 0 spiro atoms. The molecule has 1 unspecified atom stereocenters. The van der Waals surface area contributed by atoms with Crippen molar-refractivity contribution >= 4 is 38.3 Å². The third-order valence-corrected chi connectivity index (χ3v) is 4.18. The van der Waals surface area contributed by atoms with Crippen LogP contribution in [0.5, 0.6) is 0 Å². The van der Waals surface area contributed by atoms with Crippen LogP contribution in [-0.2, 0) is 0 Å². The van der Waals surface area contributed by atoms with Gasteiger partial charge in [-0.3, -0.25) is 0 Å². The number of benzene rings is 1. The van der Waals surface area contributed by atoms with Gasteiger partial charge < -0.3 is 5.32 Å². The number of thiazole rings is 1. The third-order valence-electron chi connectivity index (χ3n) is 2.72. The highest BCUT2D eigenvalue weighted by Gasteiger charge is 2.11. The molecule has 1 heterocycles. The first-order valence-electron chi connectivity index (χ1n) is 5.39. The molecule has 2 aromatic rings. The average Bonchev–Trinajstić information content (AvgIpc) is 2.61. The third kappa shape index (κ3) is 2.30. The van der Waals surface area contributed by atoms with E-state index in [0.717, 1.165) is 20.4 Å². The fraction of sp³-hybridized carbons (Fsp3) is 0.417. The van der Waals surface area contributed by atoms with Crippen molar-refractivity contribution in [2.45, 2.75) is 26.8 Å². The molecule has 1 N–H and O–H groups in total. The Morgan fingerprint density at radius 1 is 1.31 bits per heavy atom. The van der Waals surface area contributed by atoms with Gasteiger partial charge in [0.25, 0.3) is 0 Å². The molecule has 0 bridgehead atoms. The fourth-order valence-corrected chi connectivity index (χ4v) is 2.59. The largest absolute Gasteiger partial charge is 0.359 e. The molecule has 86 valence electrons. The number of aromatic nitrogens is 1. The second kappa shape index (κ2) is 4.60. The Hall–Kier alpha value is -0.800. The van der Waals surface area contributed by atoms with Crippen LogP contribution in [0.25, 0.3) is 10.2 Å². The van der Waals surface area contributed by atoms with Gasteiger partial charge in [0, 0.05) is 6.04 Å². The molecular weight excluding hydrogens is 240 g/mol. The van der Waals surface area contributed by atoms with Crippen molar-refractivity contribution in [1.82, 2.24) is 4.98 Å². The van der Waals surface area contributed by atoms with Crippen molar-refractivity contribution in [3.8, 4) is 0 Å². The monoisotopic (exact) mass is 254 g/mol. The molecule has 0 fully saturated rings. The lowest BCUT2D eigenvalue weighted by Gasteiger charge is -2.16. The predicted molar refractivity (Wildman–Crippen MR) is 72.6 cm³/mol. The first kappa shape index (κ1) is 11.7. The van der Waals surface area contributed by atoms with Crippen LogP contribution in [0.3, 0.4) is 0 Å². The summed E-state index contributed by atoms with van der Waals surface area (Å²) in [6, 6.07) is 6.24. The highest BCUT2D eigenvalue weighted by molar-refractivity contribution is 7.22. The van der Waals surface area contributed by atoms with E-state index >= 15 is 0 Å². The lowest BCUT2D eigenvalue weighted by atomic mass is 10.1. The molecule has 2 rings (SSSR count). The Kier molecular flexibility index (Phi) is 3.36. The van der Waals surface area contributed by atoms with Gasteiger partial charge in [0.05, 0.1) is 15.2 Å². The zero-order valence-corrected chi connectivity index (χ0v) is 11.2. The molecule has 0 aliphatic carbocycles. The standard InChI is InChI=1S/C12H15ClN2S/c1-7(2)8(3)14-12-15-10-6-4-5-9(13)11(10)16-12/h4-8H,1-3H3,(H,14,15). The van der Waals surface area contributed by atoms with Crippen LogP contribution in [-0.4, -0.2) is 11.0 Å². The molecule has 1 atom stereocenters. The topological polar surface area (TPSA) is 24.9 Å². The van der Waals surface area contributed by atoms with Gasteiger partial charge in [-0.2, -0.15) is 0 Å². The summed E-state index contributed by atoms with van der Waals surface area (Å²) in [7, 11) is 0. The minimum absolute atomic E-state index is 0.416. The number of anilines is 1. The molecule has 1 aromatic carbocycles. The van der Waals surface area contributed by atoms with E-state index in [1.165, 1.54) is 0 Å². The summed E-state index contributed by atoms with van der Waals surface area (Å²) in [5.41, 5.74) is 0.968. The first-order chi connectivity index (χ1) is 7.58. The lowest BCUT2D eigenvalue weighted by molar-refractivity contribution is 0.560. The Bertz CT molecular complexity index is 493. The number of nitrogens with zero attached hydrogens (tertiary/aromatic N) is 1. The van der Waals surface area contributed by atoms with E-state index in [-0.39, 0.29) is 0 Å². The Balaban J connectivity index is 2.30. The maximum atomic E-state index is 6.11. The molecule has 0 aliphatic rings. The smallest absolute Gasteiger partial charge is 0.184 e. The van der Waals surface area contributed by atoms with Gasteiger partial charge in [-0.25, -0.2) is 4.98 Å². The molecule has 0 amide bonds. The Morgan fingerprint density at radius 3 is 2.69 bits per heavy atom. The second-order valence-electron chi connectivity index (χ2n) is 4.28. The summed E-state index contributed by atoms with van der Waals surface area (Å²) >= 11 is 7.73. The quantitative estimate of drug-likeness (QED) is 0.878. The predicted octanol–water partition coefficient (Wildman–Crippen LogP) is 4.41. The highest BCUT2D eigenvalue weighted by Crippen LogP contribution is 2.32. The van der Waals surface area contributed by atoms with Crippen LogP contribution in [0.2, 0.25) is 5.02 Å². The van der Waals surface area contributed by atoms with E-state index in [4.69, 9.17) is 11.6 Å². The van der Waals surface area contributed by atoms with E-state index in [9.17, 15) is 0 Å². The van der Waals surface area contributed by atoms with Crippen molar-refractivity contribution in [2.24, 2.45) is 5.92 Å². The van der Waals surface area contributed by atoms with E-state index in [1.807, 2.05) is 18.2 Å². The summed E-state index contributed by atoms with van der Waals surface area (Å²) in [5, 5.41) is 5.13. The Morgan fingerprint density at radius 2 is 2.06 bits per heavy atom. The van der Waals surface area contributed by atoms with Crippen LogP contribution < -0.4 is 5.32 Å². The number of nitrogens with one attached hydrogen (secondary N) is 1. The molecule has 2 nitrogen and oxygen atoms in total. The van der Waals surface area contributed by atoms with Crippen LogP contribution in [0.1, 0.15) is 20.8 Å². The van der Waals surface area contributed by atoms with Crippen molar-refractivity contribution < 1.29 is 0 Å². The molecule has 0 saturated heterocycles. The summed E-state index contributed by atoms with van der Waals surface area (Å²) in [6.45, 7) is 6.55. The van der Waals surface area contributed by atoms with E-state index in [1.54, 1.807) is 11.3 Å². The van der Waals surface area contributed by atoms with Gasteiger partial charge >= 0.3 is 0 Å².